The fourth-order valence-electron chi connectivity index (χ4n) is 2.99. The minimum atomic E-state index is -1.55. The molecule has 1 aromatic rings. The van der Waals surface area contributed by atoms with Crippen LogP contribution >= 0.6 is 0 Å². The number of carbonyl (C=O) groups excluding carboxylic acids is 5. The summed E-state index contributed by atoms with van der Waals surface area (Å²) in [5.41, 5.74) is 5.09. The number of nitrogens with one attached hydrogen (secondary N) is 2. The molecule has 2 atom stereocenters. The molecule has 1 aromatic carbocycles. The highest BCUT2D eigenvalue weighted by molar-refractivity contribution is 5.95. The zero-order chi connectivity index (χ0) is 27.5. The molecule has 0 aliphatic carbocycles. The maximum absolute atomic E-state index is 13.5. The van der Waals surface area contributed by atoms with E-state index in [1.165, 1.54) is 24.3 Å². The van der Waals surface area contributed by atoms with E-state index in [-0.39, 0.29) is 5.56 Å². The number of primary amides is 1. The molecule has 1 rings (SSSR count). The number of terminal acetylenes is 1. The number of methoxy groups -OCH3 is 1. The fourth-order valence-corrected chi connectivity index (χ4v) is 2.99. The van der Waals surface area contributed by atoms with Crippen molar-refractivity contribution in [2.24, 2.45) is 5.73 Å². The molecular weight excluding hydrogens is 470 g/mol. The number of nitrogens with zero attached hydrogens (tertiary/aromatic N) is 2. The van der Waals surface area contributed by atoms with E-state index in [9.17, 15) is 29.2 Å². The van der Waals surface area contributed by atoms with E-state index in [0.29, 0.717) is 5.56 Å². The quantitative estimate of drug-likeness (QED) is 0.230. The zero-order valence-corrected chi connectivity index (χ0v) is 20.5. The molecule has 12 heteroatoms. The molecule has 0 aromatic heterocycles. The monoisotopic (exact) mass is 499 g/mol. The van der Waals surface area contributed by atoms with Crippen molar-refractivity contribution in [1.82, 2.24) is 15.5 Å². The highest BCUT2D eigenvalue weighted by atomic mass is 16.6. The second kappa shape index (κ2) is 13.3. The number of ether oxygens (including phenoxy) is 2. The van der Waals surface area contributed by atoms with Crippen molar-refractivity contribution in [1.29, 1.82) is 5.26 Å². The maximum Gasteiger partial charge on any atom is 0.408 e. The lowest BCUT2D eigenvalue weighted by molar-refractivity contribution is -0.144. The second-order valence-electron chi connectivity index (χ2n) is 8.46. The van der Waals surface area contributed by atoms with Crippen molar-refractivity contribution in [2.75, 3.05) is 20.2 Å². The van der Waals surface area contributed by atoms with E-state index in [2.05, 4.69) is 21.3 Å². The van der Waals surface area contributed by atoms with E-state index < -0.39 is 67.0 Å². The van der Waals surface area contributed by atoms with Gasteiger partial charge in [-0.1, -0.05) is 18.1 Å². The van der Waals surface area contributed by atoms with Crippen LogP contribution in [0.15, 0.2) is 24.3 Å². The minimum absolute atomic E-state index is 0.245. The van der Waals surface area contributed by atoms with Gasteiger partial charge in [0.1, 0.15) is 30.8 Å². The Hall–Kier alpha value is -4.58. The van der Waals surface area contributed by atoms with Crippen molar-refractivity contribution in [2.45, 2.75) is 44.9 Å². The molecule has 2 unspecified atom stereocenters. The molecule has 0 aliphatic heterocycles. The summed E-state index contributed by atoms with van der Waals surface area (Å²) in [6.07, 6.45) is 3.74. The number of esters is 1. The summed E-state index contributed by atoms with van der Waals surface area (Å²) in [5.74, 6) is -1.04. The summed E-state index contributed by atoms with van der Waals surface area (Å²) in [5, 5.41) is 14.0. The standard InChI is InChI=1S/C24H29N5O7/c1-6-15-7-9-16(10-8-15)20(21(32)27-14-19(31)35-5)29(12-11-25)22(33)17(13-18(26)30)28-23(34)36-24(2,3)4/h1,7-10,17,20H,12-14H2,2-5H3,(H2,26,30)(H,27,32)(H,28,34). The third kappa shape index (κ3) is 9.35. The Kier molecular flexibility index (Phi) is 10.9. The molecule has 0 aliphatic rings. The van der Waals surface area contributed by atoms with Gasteiger partial charge in [-0.05, 0) is 38.5 Å². The molecule has 192 valence electrons. The van der Waals surface area contributed by atoms with Gasteiger partial charge < -0.3 is 30.7 Å². The van der Waals surface area contributed by atoms with Gasteiger partial charge in [0, 0.05) is 5.56 Å². The Labute approximate surface area is 209 Å². The normalized spacial score (nSPS) is 12.1. The Bertz CT molecular complexity index is 1060. The maximum atomic E-state index is 13.5. The Morgan fingerprint density at radius 2 is 1.78 bits per heavy atom. The summed E-state index contributed by atoms with van der Waals surface area (Å²) < 4.78 is 9.66. The molecule has 0 saturated heterocycles. The average Bonchev–Trinajstić information content (AvgIpc) is 2.80. The lowest BCUT2D eigenvalue weighted by Gasteiger charge is -2.32. The van der Waals surface area contributed by atoms with Crippen molar-refractivity contribution in [3.8, 4) is 18.4 Å². The van der Waals surface area contributed by atoms with Crippen LogP contribution in [-0.4, -0.2) is 66.5 Å². The number of hydrogen-bond acceptors (Lipinski definition) is 8. The molecule has 12 nitrogen and oxygen atoms in total. The van der Waals surface area contributed by atoms with Crippen LogP contribution in [0.2, 0.25) is 0 Å². The van der Waals surface area contributed by atoms with Crippen LogP contribution in [0.1, 0.15) is 44.4 Å². The van der Waals surface area contributed by atoms with Crippen molar-refractivity contribution in [3.63, 3.8) is 0 Å². The molecule has 0 saturated carbocycles. The van der Waals surface area contributed by atoms with Gasteiger partial charge in [-0.25, -0.2) is 4.79 Å². The van der Waals surface area contributed by atoms with Gasteiger partial charge in [-0.2, -0.15) is 5.26 Å². The summed E-state index contributed by atoms with van der Waals surface area (Å²) in [4.78, 5) is 63.0. The van der Waals surface area contributed by atoms with E-state index in [1.807, 2.05) is 0 Å². The number of amides is 4. The van der Waals surface area contributed by atoms with E-state index in [4.69, 9.17) is 16.9 Å². The molecule has 36 heavy (non-hydrogen) atoms. The first-order valence-electron chi connectivity index (χ1n) is 10.7. The second-order valence-corrected chi connectivity index (χ2v) is 8.46. The highest BCUT2D eigenvalue weighted by Crippen LogP contribution is 2.23. The number of rotatable bonds is 10. The Morgan fingerprint density at radius 3 is 2.25 bits per heavy atom. The van der Waals surface area contributed by atoms with E-state index in [0.717, 1.165) is 12.0 Å². The van der Waals surface area contributed by atoms with Crippen LogP contribution < -0.4 is 16.4 Å². The first-order valence-corrected chi connectivity index (χ1v) is 10.7. The molecule has 4 N–H and O–H groups in total. The van der Waals surface area contributed by atoms with Crippen LogP contribution in [0.5, 0.6) is 0 Å². The first kappa shape index (κ1) is 29.5. The Morgan fingerprint density at radius 1 is 1.17 bits per heavy atom. The van der Waals surface area contributed by atoms with Gasteiger partial charge in [0.2, 0.25) is 17.7 Å². The molecule has 0 bridgehead atoms. The van der Waals surface area contributed by atoms with Gasteiger partial charge >= 0.3 is 12.1 Å². The van der Waals surface area contributed by atoms with Crippen LogP contribution in [0, 0.1) is 23.7 Å². The average molecular weight is 500 g/mol. The van der Waals surface area contributed by atoms with Gasteiger partial charge in [-0.15, -0.1) is 6.42 Å². The van der Waals surface area contributed by atoms with E-state index in [1.54, 1.807) is 26.8 Å². The highest BCUT2D eigenvalue weighted by Gasteiger charge is 2.37. The SMILES string of the molecule is C#Cc1ccc(C(C(=O)NCC(=O)OC)N(CC#N)C(=O)C(CC(N)=O)NC(=O)OC(C)(C)C)cc1. The number of nitrogens with two attached hydrogens (primary N) is 1. The number of carbonyl (C=O) groups is 5. The topological polar surface area (TPSA) is 181 Å². The lowest BCUT2D eigenvalue weighted by Crippen LogP contribution is -2.54. The van der Waals surface area contributed by atoms with E-state index >= 15 is 0 Å². The summed E-state index contributed by atoms with van der Waals surface area (Å²) in [6, 6.07) is 4.78. The molecule has 0 fully saturated rings. The zero-order valence-electron chi connectivity index (χ0n) is 20.5. The molecule has 0 heterocycles. The molecule has 4 amide bonds. The summed E-state index contributed by atoms with van der Waals surface area (Å²) >= 11 is 0. The summed E-state index contributed by atoms with van der Waals surface area (Å²) in [6.45, 7) is 3.67. The van der Waals surface area contributed by atoms with Crippen LogP contribution in [-0.2, 0) is 28.7 Å². The molecule has 0 spiro atoms. The number of nitriles is 1. The van der Waals surface area contributed by atoms with Gasteiger partial charge in [0.15, 0.2) is 0 Å². The number of benzene rings is 1. The predicted molar refractivity (Wildman–Crippen MR) is 126 cm³/mol. The smallest absolute Gasteiger partial charge is 0.408 e. The Balaban J connectivity index is 3.46. The lowest BCUT2D eigenvalue weighted by atomic mass is 10.0. The third-order valence-electron chi connectivity index (χ3n) is 4.51. The minimum Gasteiger partial charge on any atom is -0.468 e. The largest absolute Gasteiger partial charge is 0.468 e. The third-order valence-corrected chi connectivity index (χ3v) is 4.51. The van der Waals surface area contributed by atoms with Crippen molar-refractivity contribution in [3.05, 3.63) is 35.4 Å². The number of alkyl carbamates (subject to hydrolysis) is 1. The number of hydrogen-bond donors (Lipinski definition) is 3. The molecular formula is C24H29N5O7. The predicted octanol–water partition coefficient (Wildman–Crippen LogP) is 0.119. The van der Waals surface area contributed by atoms with Crippen LogP contribution in [0.4, 0.5) is 4.79 Å². The van der Waals surface area contributed by atoms with Gasteiger partial charge in [0.25, 0.3) is 0 Å². The summed E-state index contributed by atoms with van der Waals surface area (Å²) in [7, 11) is 1.13. The van der Waals surface area contributed by atoms with Gasteiger partial charge in [-0.3, -0.25) is 19.2 Å². The first-order chi connectivity index (χ1) is 16.8. The van der Waals surface area contributed by atoms with Gasteiger partial charge in [0.05, 0.1) is 19.6 Å². The van der Waals surface area contributed by atoms with Crippen molar-refractivity contribution >= 4 is 29.8 Å². The molecule has 0 radical (unpaired) electrons. The van der Waals surface area contributed by atoms with Crippen LogP contribution in [0.25, 0.3) is 0 Å². The van der Waals surface area contributed by atoms with Crippen LogP contribution in [0.3, 0.4) is 0 Å². The fraction of sp³-hybridized carbons (Fsp3) is 0.417. The van der Waals surface area contributed by atoms with Crippen molar-refractivity contribution < 1.29 is 33.4 Å².